The predicted octanol–water partition coefficient (Wildman–Crippen LogP) is 3.98. The van der Waals surface area contributed by atoms with Crippen LogP contribution in [-0.2, 0) is 5.41 Å². The molecule has 1 aromatic carbocycles. The summed E-state index contributed by atoms with van der Waals surface area (Å²) in [6, 6.07) is 5.97. The van der Waals surface area contributed by atoms with E-state index in [1.807, 2.05) is 18.2 Å². The average molecular weight is 281 g/mol. The van der Waals surface area contributed by atoms with Crippen LogP contribution in [0, 0.1) is 0 Å². The van der Waals surface area contributed by atoms with Crippen LogP contribution in [0.4, 0.5) is 0 Å². The standard InChI is InChI=1S/C14H17ClN2S/c1-2-14(6-3-7-16-9-14)13-17-11-5-4-10(15)8-12(11)18-13/h4-5,8,16H,2-3,6-7,9H2,1H3. The molecule has 1 aromatic heterocycles. The highest BCUT2D eigenvalue weighted by atomic mass is 35.5. The zero-order chi connectivity index (χ0) is 12.6. The lowest BCUT2D eigenvalue weighted by Gasteiger charge is -2.35. The third-order valence-corrected chi connectivity index (χ3v) is 5.45. The van der Waals surface area contributed by atoms with Crippen LogP contribution in [0.3, 0.4) is 0 Å². The zero-order valence-electron chi connectivity index (χ0n) is 10.5. The van der Waals surface area contributed by atoms with E-state index in [2.05, 4.69) is 12.2 Å². The van der Waals surface area contributed by atoms with Gasteiger partial charge in [-0.1, -0.05) is 18.5 Å². The number of hydrogen-bond acceptors (Lipinski definition) is 3. The van der Waals surface area contributed by atoms with Crippen molar-refractivity contribution >= 4 is 33.2 Å². The Morgan fingerprint density at radius 3 is 3.11 bits per heavy atom. The summed E-state index contributed by atoms with van der Waals surface area (Å²) in [7, 11) is 0. The van der Waals surface area contributed by atoms with Gasteiger partial charge in [-0.25, -0.2) is 4.98 Å². The molecule has 2 heterocycles. The van der Waals surface area contributed by atoms with Gasteiger partial charge in [-0.3, -0.25) is 0 Å². The van der Waals surface area contributed by atoms with Gasteiger partial charge in [0.1, 0.15) is 5.01 Å². The molecular weight excluding hydrogens is 264 g/mol. The van der Waals surface area contributed by atoms with Crippen LogP contribution in [0.2, 0.25) is 5.02 Å². The van der Waals surface area contributed by atoms with Crippen LogP contribution in [0.15, 0.2) is 18.2 Å². The summed E-state index contributed by atoms with van der Waals surface area (Å²) in [5.41, 5.74) is 1.31. The molecule has 0 saturated carbocycles. The Balaban J connectivity index is 2.06. The lowest BCUT2D eigenvalue weighted by atomic mass is 9.79. The minimum absolute atomic E-state index is 0.231. The van der Waals surface area contributed by atoms with Gasteiger partial charge in [-0.15, -0.1) is 11.3 Å². The van der Waals surface area contributed by atoms with E-state index in [-0.39, 0.29) is 5.41 Å². The van der Waals surface area contributed by atoms with Crippen molar-refractivity contribution in [2.75, 3.05) is 13.1 Å². The van der Waals surface area contributed by atoms with Crippen molar-refractivity contribution in [1.82, 2.24) is 10.3 Å². The molecule has 1 fully saturated rings. The first kappa shape index (κ1) is 12.4. The highest BCUT2D eigenvalue weighted by Gasteiger charge is 2.35. The number of piperidine rings is 1. The molecule has 0 spiro atoms. The van der Waals surface area contributed by atoms with E-state index < -0.39 is 0 Å². The quantitative estimate of drug-likeness (QED) is 0.900. The molecule has 4 heteroatoms. The molecule has 1 saturated heterocycles. The molecule has 2 nitrogen and oxygen atoms in total. The number of thiazole rings is 1. The maximum Gasteiger partial charge on any atom is 0.101 e. The summed E-state index contributed by atoms with van der Waals surface area (Å²) in [6.45, 7) is 4.46. The number of rotatable bonds is 2. The fraction of sp³-hybridized carbons (Fsp3) is 0.500. The van der Waals surface area contributed by atoms with E-state index in [0.717, 1.165) is 30.0 Å². The molecule has 1 N–H and O–H groups in total. The molecule has 0 aliphatic carbocycles. The SMILES string of the molecule is CCC1(c2nc3ccc(Cl)cc3s2)CCCNC1. The zero-order valence-corrected chi connectivity index (χ0v) is 12.1. The predicted molar refractivity (Wildman–Crippen MR) is 78.7 cm³/mol. The number of halogens is 1. The Labute approximate surface area is 116 Å². The maximum absolute atomic E-state index is 6.05. The van der Waals surface area contributed by atoms with E-state index in [4.69, 9.17) is 16.6 Å². The number of nitrogens with zero attached hydrogens (tertiary/aromatic N) is 1. The molecule has 1 aliphatic rings. The van der Waals surface area contributed by atoms with Gasteiger partial charge in [-0.05, 0) is 44.0 Å². The summed E-state index contributed by atoms with van der Waals surface area (Å²) in [4.78, 5) is 4.84. The second-order valence-corrected chi connectivity index (χ2v) is 6.51. The lowest BCUT2D eigenvalue weighted by molar-refractivity contribution is 0.302. The minimum Gasteiger partial charge on any atom is -0.316 e. The lowest BCUT2D eigenvalue weighted by Crippen LogP contribution is -2.42. The fourth-order valence-corrected chi connectivity index (χ4v) is 4.26. The van der Waals surface area contributed by atoms with Crippen LogP contribution in [0.5, 0.6) is 0 Å². The van der Waals surface area contributed by atoms with Crippen LogP contribution < -0.4 is 5.32 Å². The van der Waals surface area contributed by atoms with Gasteiger partial charge in [0.15, 0.2) is 0 Å². The van der Waals surface area contributed by atoms with Crippen LogP contribution >= 0.6 is 22.9 Å². The number of fused-ring (bicyclic) bond motifs is 1. The Morgan fingerprint density at radius 2 is 2.39 bits per heavy atom. The van der Waals surface area contributed by atoms with Gasteiger partial charge in [-0.2, -0.15) is 0 Å². The highest BCUT2D eigenvalue weighted by molar-refractivity contribution is 7.18. The Hall–Kier alpha value is -0.640. The first-order chi connectivity index (χ1) is 8.73. The normalized spacial score (nSPS) is 24.6. The van der Waals surface area contributed by atoms with Crippen molar-refractivity contribution in [3.63, 3.8) is 0 Å². The Bertz CT molecular complexity index is 558. The van der Waals surface area contributed by atoms with Gasteiger partial charge >= 0.3 is 0 Å². The molecular formula is C14H17ClN2S. The second kappa shape index (κ2) is 4.80. The summed E-state index contributed by atoms with van der Waals surface area (Å²) >= 11 is 7.85. The first-order valence-electron chi connectivity index (χ1n) is 6.51. The van der Waals surface area contributed by atoms with Gasteiger partial charge in [0, 0.05) is 17.0 Å². The molecule has 0 amide bonds. The van der Waals surface area contributed by atoms with Gasteiger partial charge < -0.3 is 5.32 Å². The van der Waals surface area contributed by atoms with Crippen molar-refractivity contribution in [2.24, 2.45) is 0 Å². The molecule has 1 unspecified atom stereocenters. The van der Waals surface area contributed by atoms with Gasteiger partial charge in [0.25, 0.3) is 0 Å². The van der Waals surface area contributed by atoms with Crippen LogP contribution in [0.1, 0.15) is 31.2 Å². The van der Waals surface area contributed by atoms with Crippen LogP contribution in [-0.4, -0.2) is 18.1 Å². The van der Waals surface area contributed by atoms with Crippen LogP contribution in [0.25, 0.3) is 10.2 Å². The largest absolute Gasteiger partial charge is 0.316 e. The summed E-state index contributed by atoms with van der Waals surface area (Å²) in [5, 5.41) is 5.59. The second-order valence-electron chi connectivity index (χ2n) is 5.05. The minimum atomic E-state index is 0.231. The molecule has 0 bridgehead atoms. The summed E-state index contributed by atoms with van der Waals surface area (Å²) < 4.78 is 1.20. The Morgan fingerprint density at radius 1 is 1.50 bits per heavy atom. The molecule has 96 valence electrons. The van der Waals surface area contributed by atoms with E-state index in [0.29, 0.717) is 0 Å². The molecule has 0 radical (unpaired) electrons. The fourth-order valence-electron chi connectivity index (χ4n) is 2.73. The molecule has 1 aliphatic heterocycles. The molecule has 3 rings (SSSR count). The van der Waals surface area contributed by atoms with E-state index in [1.54, 1.807) is 11.3 Å². The average Bonchev–Trinajstić information content (AvgIpc) is 2.83. The van der Waals surface area contributed by atoms with Crippen molar-refractivity contribution in [2.45, 2.75) is 31.6 Å². The Kier molecular flexibility index (Phi) is 3.31. The molecule has 18 heavy (non-hydrogen) atoms. The topological polar surface area (TPSA) is 24.9 Å². The van der Waals surface area contributed by atoms with Crippen molar-refractivity contribution in [3.05, 3.63) is 28.2 Å². The monoisotopic (exact) mass is 280 g/mol. The highest BCUT2D eigenvalue weighted by Crippen LogP contribution is 2.39. The van der Waals surface area contributed by atoms with Gasteiger partial charge in [0.2, 0.25) is 0 Å². The smallest absolute Gasteiger partial charge is 0.101 e. The summed E-state index contributed by atoms with van der Waals surface area (Å²) in [6.07, 6.45) is 3.63. The van der Waals surface area contributed by atoms with Crippen molar-refractivity contribution < 1.29 is 0 Å². The van der Waals surface area contributed by atoms with E-state index in [1.165, 1.54) is 22.5 Å². The third kappa shape index (κ3) is 2.04. The van der Waals surface area contributed by atoms with Crippen molar-refractivity contribution in [1.29, 1.82) is 0 Å². The summed E-state index contributed by atoms with van der Waals surface area (Å²) in [5.74, 6) is 0. The van der Waals surface area contributed by atoms with Gasteiger partial charge in [0.05, 0.1) is 10.2 Å². The van der Waals surface area contributed by atoms with E-state index in [9.17, 15) is 0 Å². The number of hydrogen-bond donors (Lipinski definition) is 1. The van der Waals surface area contributed by atoms with Crippen molar-refractivity contribution in [3.8, 4) is 0 Å². The molecule has 1 atom stereocenters. The van der Waals surface area contributed by atoms with E-state index >= 15 is 0 Å². The maximum atomic E-state index is 6.05. The molecule has 2 aromatic rings. The third-order valence-electron chi connectivity index (χ3n) is 3.95. The first-order valence-corrected chi connectivity index (χ1v) is 7.70. The number of nitrogens with one attached hydrogen (secondary N) is 1. The number of aromatic nitrogens is 1. The number of benzene rings is 1.